The maximum Gasteiger partial charge on any atom is 0.157 e. The van der Waals surface area contributed by atoms with Crippen LogP contribution in [-0.2, 0) is 6.61 Å². The fraction of sp³-hybridized carbons (Fsp3) is 0.292. The van der Waals surface area contributed by atoms with Crippen LogP contribution in [0.25, 0.3) is 16.9 Å². The molecule has 8 nitrogen and oxygen atoms in total. The zero-order valence-electron chi connectivity index (χ0n) is 18.1. The lowest BCUT2D eigenvalue weighted by atomic mass is 10.2. The molecule has 2 aromatic carbocycles. The molecule has 0 saturated heterocycles. The third-order valence-electron chi connectivity index (χ3n) is 5.67. The summed E-state index contributed by atoms with van der Waals surface area (Å²) in [5.41, 5.74) is 4.24. The van der Waals surface area contributed by atoms with Crippen LogP contribution in [0.1, 0.15) is 18.5 Å². The van der Waals surface area contributed by atoms with Gasteiger partial charge in [-0.05, 0) is 37.0 Å². The van der Waals surface area contributed by atoms with E-state index >= 15 is 0 Å². The minimum Gasteiger partial charge on any atom is -0.497 e. The summed E-state index contributed by atoms with van der Waals surface area (Å²) in [5.74, 6) is 2.83. The summed E-state index contributed by atoms with van der Waals surface area (Å²) in [6.45, 7) is 0.800. The molecule has 5 rings (SSSR count). The van der Waals surface area contributed by atoms with Crippen molar-refractivity contribution in [2.45, 2.75) is 19.4 Å². The van der Waals surface area contributed by atoms with Gasteiger partial charge in [-0.15, -0.1) is 0 Å². The van der Waals surface area contributed by atoms with Crippen LogP contribution in [0.5, 0.6) is 11.5 Å². The first-order valence-electron chi connectivity index (χ1n) is 10.6. The van der Waals surface area contributed by atoms with Gasteiger partial charge in [0.15, 0.2) is 5.82 Å². The Hall–Kier alpha value is -3.65. The largest absolute Gasteiger partial charge is 0.497 e. The number of rotatable bonds is 8. The first-order valence-corrected chi connectivity index (χ1v) is 10.6. The standard InChI is InChI=1S/C24H25N5O3/c1-31-20-7-19(8-21(10-20)32-2)29(12-16-3-4-16)18-5-6-22-23(9-18)27-24(11-25-22)28-13-17(14-30)26-15-28/h5-11,13,15-16,30H,3-4,12,14H2,1-2H3. The van der Waals surface area contributed by atoms with E-state index in [1.807, 2.05) is 24.3 Å². The van der Waals surface area contributed by atoms with Gasteiger partial charge in [0.2, 0.25) is 0 Å². The van der Waals surface area contributed by atoms with E-state index in [0.29, 0.717) is 17.4 Å². The van der Waals surface area contributed by atoms with Gasteiger partial charge in [0, 0.05) is 42.3 Å². The summed E-state index contributed by atoms with van der Waals surface area (Å²) in [6, 6.07) is 12.1. The van der Waals surface area contributed by atoms with Crippen molar-refractivity contribution in [2.24, 2.45) is 5.92 Å². The summed E-state index contributed by atoms with van der Waals surface area (Å²) in [6.07, 6.45) is 7.57. The van der Waals surface area contributed by atoms with Crippen molar-refractivity contribution in [3.63, 3.8) is 0 Å². The molecule has 1 fully saturated rings. The number of fused-ring (bicyclic) bond motifs is 1. The van der Waals surface area contributed by atoms with Crippen LogP contribution in [0.2, 0.25) is 0 Å². The van der Waals surface area contributed by atoms with Gasteiger partial charge in [0.05, 0.1) is 43.8 Å². The third kappa shape index (κ3) is 4.09. The van der Waals surface area contributed by atoms with Gasteiger partial charge < -0.3 is 19.5 Å². The van der Waals surface area contributed by atoms with Crippen molar-refractivity contribution in [3.05, 3.63) is 60.8 Å². The van der Waals surface area contributed by atoms with Crippen molar-refractivity contribution >= 4 is 22.4 Å². The van der Waals surface area contributed by atoms with Crippen molar-refractivity contribution in [1.29, 1.82) is 0 Å². The van der Waals surface area contributed by atoms with Crippen LogP contribution >= 0.6 is 0 Å². The molecular formula is C24H25N5O3. The smallest absolute Gasteiger partial charge is 0.157 e. The number of aromatic nitrogens is 4. The van der Waals surface area contributed by atoms with Crippen molar-refractivity contribution in [2.75, 3.05) is 25.7 Å². The Balaban J connectivity index is 1.56. The van der Waals surface area contributed by atoms with E-state index in [9.17, 15) is 5.11 Å². The van der Waals surface area contributed by atoms with E-state index in [2.05, 4.69) is 27.0 Å². The van der Waals surface area contributed by atoms with Crippen LogP contribution in [0.15, 0.2) is 55.1 Å². The number of hydrogen-bond acceptors (Lipinski definition) is 7. The van der Waals surface area contributed by atoms with Gasteiger partial charge in [0.25, 0.3) is 0 Å². The number of aliphatic hydroxyl groups is 1. The van der Waals surface area contributed by atoms with E-state index in [1.54, 1.807) is 37.5 Å². The molecule has 1 saturated carbocycles. The molecule has 0 spiro atoms. The van der Waals surface area contributed by atoms with Crippen LogP contribution in [0, 0.1) is 5.92 Å². The Morgan fingerprint density at radius 3 is 2.44 bits per heavy atom. The predicted octanol–water partition coefficient (Wildman–Crippen LogP) is 3.87. The Morgan fingerprint density at radius 1 is 1.00 bits per heavy atom. The normalized spacial score (nSPS) is 13.3. The van der Waals surface area contributed by atoms with Gasteiger partial charge in [0.1, 0.15) is 17.8 Å². The van der Waals surface area contributed by atoms with Crippen molar-refractivity contribution in [3.8, 4) is 17.3 Å². The molecule has 1 aliphatic carbocycles. The Bertz CT molecular complexity index is 1230. The Labute approximate surface area is 186 Å². The lowest BCUT2D eigenvalue weighted by Crippen LogP contribution is -2.20. The number of methoxy groups -OCH3 is 2. The Morgan fingerprint density at radius 2 is 1.78 bits per heavy atom. The van der Waals surface area contributed by atoms with E-state index in [4.69, 9.17) is 14.5 Å². The van der Waals surface area contributed by atoms with E-state index in [1.165, 1.54) is 12.8 Å². The molecule has 0 atom stereocenters. The second-order valence-electron chi connectivity index (χ2n) is 7.96. The number of aliphatic hydroxyl groups excluding tert-OH is 1. The highest BCUT2D eigenvalue weighted by molar-refractivity contribution is 5.81. The molecule has 0 radical (unpaired) electrons. The summed E-state index contributed by atoms with van der Waals surface area (Å²) >= 11 is 0. The fourth-order valence-electron chi connectivity index (χ4n) is 3.72. The number of imidazole rings is 1. The molecule has 8 heteroatoms. The second-order valence-corrected chi connectivity index (χ2v) is 7.96. The van der Waals surface area contributed by atoms with Gasteiger partial charge in [-0.25, -0.2) is 9.97 Å². The first kappa shape index (κ1) is 20.3. The quantitative estimate of drug-likeness (QED) is 0.453. The van der Waals surface area contributed by atoms with Gasteiger partial charge >= 0.3 is 0 Å². The number of nitrogens with zero attached hydrogens (tertiary/aromatic N) is 5. The third-order valence-corrected chi connectivity index (χ3v) is 5.67. The number of benzene rings is 2. The molecule has 0 aliphatic heterocycles. The zero-order valence-corrected chi connectivity index (χ0v) is 18.1. The second kappa shape index (κ2) is 8.47. The summed E-state index contributed by atoms with van der Waals surface area (Å²) in [7, 11) is 3.32. The molecule has 164 valence electrons. The molecule has 0 amide bonds. The van der Waals surface area contributed by atoms with E-state index in [0.717, 1.165) is 40.5 Å². The van der Waals surface area contributed by atoms with Crippen molar-refractivity contribution < 1.29 is 14.6 Å². The highest BCUT2D eigenvalue weighted by atomic mass is 16.5. The topological polar surface area (TPSA) is 85.5 Å². The minimum absolute atomic E-state index is 0.113. The average Bonchev–Trinajstić information content (AvgIpc) is 3.54. The molecule has 1 aliphatic rings. The Kier molecular flexibility index (Phi) is 5.36. The first-order chi connectivity index (χ1) is 15.7. The van der Waals surface area contributed by atoms with E-state index in [-0.39, 0.29) is 6.61 Å². The fourth-order valence-corrected chi connectivity index (χ4v) is 3.72. The SMILES string of the molecule is COc1cc(OC)cc(N(CC2CC2)c2ccc3ncc(-n4cnc(CO)c4)nc3c2)c1. The molecule has 2 aromatic heterocycles. The van der Waals surface area contributed by atoms with Gasteiger partial charge in [-0.2, -0.15) is 0 Å². The predicted molar refractivity (Wildman–Crippen MR) is 122 cm³/mol. The highest BCUT2D eigenvalue weighted by Crippen LogP contribution is 2.38. The van der Waals surface area contributed by atoms with Crippen LogP contribution in [0.4, 0.5) is 11.4 Å². The van der Waals surface area contributed by atoms with Gasteiger partial charge in [-0.3, -0.25) is 9.55 Å². The van der Waals surface area contributed by atoms with Crippen LogP contribution < -0.4 is 14.4 Å². The average molecular weight is 431 g/mol. The summed E-state index contributed by atoms with van der Waals surface area (Å²) in [5, 5.41) is 9.29. The molecule has 32 heavy (non-hydrogen) atoms. The maximum atomic E-state index is 9.29. The van der Waals surface area contributed by atoms with Crippen molar-refractivity contribution in [1.82, 2.24) is 19.5 Å². The monoisotopic (exact) mass is 431 g/mol. The summed E-state index contributed by atoms with van der Waals surface area (Å²) < 4.78 is 12.8. The summed E-state index contributed by atoms with van der Waals surface area (Å²) in [4.78, 5) is 15.8. The molecule has 2 heterocycles. The highest BCUT2D eigenvalue weighted by Gasteiger charge is 2.26. The molecule has 0 unspecified atom stereocenters. The lowest BCUT2D eigenvalue weighted by Gasteiger charge is -2.26. The number of hydrogen-bond donors (Lipinski definition) is 1. The van der Waals surface area contributed by atoms with Gasteiger partial charge in [-0.1, -0.05) is 0 Å². The number of anilines is 2. The number of ether oxygens (including phenoxy) is 2. The van der Waals surface area contributed by atoms with E-state index < -0.39 is 0 Å². The van der Waals surface area contributed by atoms with Crippen LogP contribution in [-0.4, -0.2) is 45.4 Å². The minimum atomic E-state index is -0.113. The zero-order chi connectivity index (χ0) is 22.1. The van der Waals surface area contributed by atoms with Crippen LogP contribution in [0.3, 0.4) is 0 Å². The molecule has 0 bridgehead atoms. The molecule has 4 aromatic rings. The molecule has 1 N–H and O–H groups in total. The molecular weight excluding hydrogens is 406 g/mol. The lowest BCUT2D eigenvalue weighted by molar-refractivity contribution is 0.277. The maximum absolute atomic E-state index is 9.29.